The maximum atomic E-state index is 12.4. The van der Waals surface area contributed by atoms with E-state index in [0.29, 0.717) is 5.56 Å². The predicted molar refractivity (Wildman–Crippen MR) is 83.2 cm³/mol. The van der Waals surface area contributed by atoms with E-state index in [9.17, 15) is 4.79 Å². The summed E-state index contributed by atoms with van der Waals surface area (Å²) < 4.78 is 0. The van der Waals surface area contributed by atoms with Crippen molar-refractivity contribution in [3.8, 4) is 0 Å². The third-order valence-corrected chi connectivity index (χ3v) is 3.88. The fourth-order valence-electron chi connectivity index (χ4n) is 2.70. The highest BCUT2D eigenvalue weighted by atomic mass is 16.1. The van der Waals surface area contributed by atoms with Crippen LogP contribution in [0.2, 0.25) is 0 Å². The first-order chi connectivity index (χ1) is 10.2. The van der Waals surface area contributed by atoms with Gasteiger partial charge in [-0.1, -0.05) is 19.1 Å². The molecule has 1 aliphatic heterocycles. The van der Waals surface area contributed by atoms with E-state index in [1.54, 1.807) is 12.4 Å². The molecule has 0 radical (unpaired) electrons. The summed E-state index contributed by atoms with van der Waals surface area (Å²) in [6, 6.07) is 7.96. The lowest BCUT2D eigenvalue weighted by molar-refractivity contribution is 0.102. The van der Waals surface area contributed by atoms with Gasteiger partial charge in [0.05, 0.1) is 5.56 Å². The fourth-order valence-corrected chi connectivity index (χ4v) is 2.70. The van der Waals surface area contributed by atoms with Crippen molar-refractivity contribution in [3.05, 3.63) is 58.9 Å². The lowest BCUT2D eigenvalue weighted by Gasteiger charge is -2.12. The van der Waals surface area contributed by atoms with Gasteiger partial charge < -0.3 is 5.32 Å². The van der Waals surface area contributed by atoms with Crippen molar-refractivity contribution in [1.82, 2.24) is 9.88 Å². The number of amides is 1. The molecule has 0 spiro atoms. The van der Waals surface area contributed by atoms with Crippen LogP contribution in [0.15, 0.2) is 36.7 Å². The topological polar surface area (TPSA) is 45.2 Å². The Hall–Kier alpha value is -2.20. The Kier molecular flexibility index (Phi) is 3.71. The lowest BCUT2D eigenvalue weighted by Crippen LogP contribution is -2.16. The molecule has 2 heterocycles. The number of carbonyl (C=O) groups excluding carboxylic acids is 1. The van der Waals surface area contributed by atoms with E-state index in [1.165, 1.54) is 11.1 Å². The van der Waals surface area contributed by atoms with Crippen LogP contribution in [-0.4, -0.2) is 22.3 Å². The number of nitrogens with zero attached hydrogens (tertiary/aromatic N) is 2. The van der Waals surface area contributed by atoms with Crippen molar-refractivity contribution in [3.63, 3.8) is 0 Å². The number of benzene rings is 1. The molecular weight excluding hydrogens is 262 g/mol. The smallest absolute Gasteiger partial charge is 0.257 e. The summed E-state index contributed by atoms with van der Waals surface area (Å²) in [4.78, 5) is 18.8. The van der Waals surface area contributed by atoms with Crippen LogP contribution in [0.4, 0.5) is 5.69 Å². The quantitative estimate of drug-likeness (QED) is 0.940. The second kappa shape index (κ2) is 5.66. The number of fused-ring (bicyclic) bond motifs is 1. The molecule has 0 unspecified atom stereocenters. The Balaban J connectivity index is 1.84. The van der Waals surface area contributed by atoms with Crippen LogP contribution in [0.25, 0.3) is 0 Å². The number of hydrogen-bond acceptors (Lipinski definition) is 3. The first-order valence-corrected chi connectivity index (χ1v) is 7.23. The number of aromatic nitrogens is 1. The van der Waals surface area contributed by atoms with Crippen LogP contribution >= 0.6 is 0 Å². The second-order valence-electron chi connectivity index (χ2n) is 5.45. The molecule has 0 aliphatic carbocycles. The average Bonchev–Trinajstić information content (AvgIpc) is 2.91. The zero-order valence-electron chi connectivity index (χ0n) is 12.4. The van der Waals surface area contributed by atoms with Crippen LogP contribution in [0, 0.1) is 6.92 Å². The third-order valence-electron chi connectivity index (χ3n) is 3.88. The zero-order chi connectivity index (χ0) is 14.8. The van der Waals surface area contributed by atoms with Crippen molar-refractivity contribution >= 4 is 11.6 Å². The number of hydrogen-bond donors (Lipinski definition) is 1. The zero-order valence-corrected chi connectivity index (χ0v) is 12.4. The lowest BCUT2D eigenvalue weighted by atomic mass is 10.1. The number of pyridine rings is 1. The van der Waals surface area contributed by atoms with Crippen molar-refractivity contribution in [2.24, 2.45) is 0 Å². The highest BCUT2D eigenvalue weighted by Crippen LogP contribution is 2.29. The molecule has 4 heteroatoms. The molecule has 3 rings (SSSR count). The van der Waals surface area contributed by atoms with E-state index in [4.69, 9.17) is 0 Å². The van der Waals surface area contributed by atoms with Crippen molar-refractivity contribution < 1.29 is 4.79 Å². The van der Waals surface area contributed by atoms with Crippen molar-refractivity contribution in [1.29, 1.82) is 0 Å². The van der Waals surface area contributed by atoms with Gasteiger partial charge in [0.15, 0.2) is 0 Å². The van der Waals surface area contributed by atoms with Gasteiger partial charge in [0.25, 0.3) is 5.91 Å². The summed E-state index contributed by atoms with van der Waals surface area (Å²) in [5, 5.41) is 3.02. The van der Waals surface area contributed by atoms with Gasteiger partial charge in [-0.25, -0.2) is 0 Å². The Bertz CT molecular complexity index is 681. The molecule has 4 nitrogen and oxygen atoms in total. The molecule has 1 amide bonds. The third kappa shape index (κ3) is 2.81. The standard InChI is InChI=1S/C17H19N3O/c1-3-20-10-13-5-4-6-16(15(13)11-20)19-17(21)14-7-12(2)8-18-9-14/h4-9H,3,10-11H2,1-2H3,(H,19,21). The number of rotatable bonds is 3. The monoisotopic (exact) mass is 281 g/mol. The fraction of sp³-hybridized carbons (Fsp3) is 0.294. The number of aryl methyl sites for hydroxylation is 1. The van der Waals surface area contributed by atoms with Gasteiger partial charge in [0.2, 0.25) is 0 Å². The SMILES string of the molecule is CCN1Cc2cccc(NC(=O)c3cncc(C)c3)c2C1. The molecule has 21 heavy (non-hydrogen) atoms. The largest absolute Gasteiger partial charge is 0.322 e. The van der Waals surface area contributed by atoms with Crippen molar-refractivity contribution in [2.45, 2.75) is 26.9 Å². The summed E-state index contributed by atoms with van der Waals surface area (Å²) in [6.45, 7) is 6.96. The molecule has 0 saturated carbocycles. The molecule has 0 fully saturated rings. The molecular formula is C17H19N3O. The summed E-state index contributed by atoms with van der Waals surface area (Å²) in [6.07, 6.45) is 3.35. The van der Waals surface area contributed by atoms with Gasteiger partial charge in [-0.3, -0.25) is 14.7 Å². The van der Waals surface area contributed by atoms with Gasteiger partial charge in [-0.05, 0) is 42.3 Å². The number of nitrogens with one attached hydrogen (secondary N) is 1. The minimum absolute atomic E-state index is 0.102. The molecule has 1 aromatic carbocycles. The molecule has 0 bridgehead atoms. The first kappa shape index (κ1) is 13.8. The van der Waals surface area contributed by atoms with Crippen LogP contribution in [0.3, 0.4) is 0 Å². The van der Waals surface area contributed by atoms with Crippen LogP contribution in [-0.2, 0) is 13.1 Å². The van der Waals surface area contributed by atoms with E-state index in [1.807, 2.05) is 25.1 Å². The van der Waals surface area contributed by atoms with Crippen molar-refractivity contribution in [2.75, 3.05) is 11.9 Å². The summed E-state index contributed by atoms with van der Waals surface area (Å²) in [5.41, 5.74) is 5.02. The molecule has 108 valence electrons. The van der Waals surface area contributed by atoms with Gasteiger partial charge in [0.1, 0.15) is 0 Å². The molecule has 2 aromatic rings. The highest BCUT2D eigenvalue weighted by molar-refractivity contribution is 6.04. The minimum atomic E-state index is -0.102. The summed E-state index contributed by atoms with van der Waals surface area (Å²) >= 11 is 0. The molecule has 1 aromatic heterocycles. The second-order valence-corrected chi connectivity index (χ2v) is 5.45. The molecule has 1 N–H and O–H groups in total. The average molecular weight is 281 g/mol. The normalized spacial score (nSPS) is 14.0. The Labute approximate surface area is 124 Å². The van der Waals surface area contributed by atoms with E-state index in [2.05, 4.69) is 28.2 Å². The highest BCUT2D eigenvalue weighted by Gasteiger charge is 2.21. The van der Waals surface area contributed by atoms with Gasteiger partial charge in [-0.2, -0.15) is 0 Å². The van der Waals surface area contributed by atoms with Crippen LogP contribution in [0.1, 0.15) is 34.0 Å². The Morgan fingerprint density at radius 3 is 2.95 bits per heavy atom. The van der Waals surface area contributed by atoms with E-state index >= 15 is 0 Å². The van der Waals surface area contributed by atoms with Gasteiger partial charge in [-0.15, -0.1) is 0 Å². The Morgan fingerprint density at radius 2 is 2.19 bits per heavy atom. The van der Waals surface area contributed by atoms with Crippen LogP contribution in [0.5, 0.6) is 0 Å². The molecule has 1 aliphatic rings. The number of carbonyl (C=O) groups is 1. The number of anilines is 1. The first-order valence-electron chi connectivity index (χ1n) is 7.23. The van der Waals surface area contributed by atoms with Crippen LogP contribution < -0.4 is 5.32 Å². The molecule has 0 saturated heterocycles. The van der Waals surface area contributed by atoms with E-state index in [-0.39, 0.29) is 5.91 Å². The van der Waals surface area contributed by atoms with Gasteiger partial charge in [0, 0.05) is 31.2 Å². The summed E-state index contributed by atoms with van der Waals surface area (Å²) in [5.74, 6) is -0.102. The minimum Gasteiger partial charge on any atom is -0.322 e. The molecule has 0 atom stereocenters. The maximum Gasteiger partial charge on any atom is 0.257 e. The predicted octanol–water partition coefficient (Wildman–Crippen LogP) is 2.98. The maximum absolute atomic E-state index is 12.4. The summed E-state index contributed by atoms with van der Waals surface area (Å²) in [7, 11) is 0. The van der Waals surface area contributed by atoms with E-state index < -0.39 is 0 Å². The van der Waals surface area contributed by atoms with Gasteiger partial charge >= 0.3 is 0 Å². The Morgan fingerprint density at radius 1 is 1.33 bits per heavy atom. The van der Waals surface area contributed by atoms with E-state index in [0.717, 1.165) is 30.9 Å².